The number of ether oxygens (including phenoxy) is 1. The topological polar surface area (TPSA) is 32.8 Å². The smallest absolute Gasteiger partial charge is 0.229 e. The average molecular weight is 453 g/mol. The molecule has 5 heteroatoms. The third-order valence-corrected chi connectivity index (χ3v) is 7.42. The van der Waals surface area contributed by atoms with Crippen LogP contribution < -0.4 is 4.74 Å². The number of rotatable bonds is 3. The van der Waals surface area contributed by atoms with Crippen molar-refractivity contribution < 1.29 is 13.9 Å². The van der Waals surface area contributed by atoms with Gasteiger partial charge in [0.25, 0.3) is 0 Å². The average Bonchev–Trinajstić information content (AvgIpc) is 2.81. The molecular formula is C28H37FN2O2. The van der Waals surface area contributed by atoms with E-state index in [4.69, 9.17) is 4.74 Å². The van der Waals surface area contributed by atoms with Crippen molar-refractivity contribution in [3.63, 3.8) is 0 Å². The SMILES string of the molecule is CC(C)N1CCOc2ccccc2CCCCC2(CCN(Cc3ccccc3F)CC2)C1=O. The fraction of sp³-hybridized carbons (Fsp3) is 0.536. The number of hydrogen-bond donors (Lipinski definition) is 0. The second kappa shape index (κ2) is 10.7. The van der Waals surface area contributed by atoms with Crippen molar-refractivity contribution in [2.45, 2.75) is 65.0 Å². The van der Waals surface area contributed by atoms with E-state index < -0.39 is 0 Å². The van der Waals surface area contributed by atoms with Gasteiger partial charge in [0.2, 0.25) is 5.91 Å². The van der Waals surface area contributed by atoms with Gasteiger partial charge in [0.1, 0.15) is 18.2 Å². The predicted octanol–water partition coefficient (Wildman–Crippen LogP) is 5.45. The van der Waals surface area contributed by atoms with Crippen LogP contribution in [0, 0.1) is 11.2 Å². The van der Waals surface area contributed by atoms with Crippen LogP contribution in [0.4, 0.5) is 4.39 Å². The lowest BCUT2D eigenvalue weighted by Crippen LogP contribution is -2.53. The summed E-state index contributed by atoms with van der Waals surface area (Å²) in [7, 11) is 0. The summed E-state index contributed by atoms with van der Waals surface area (Å²) >= 11 is 0. The largest absolute Gasteiger partial charge is 0.491 e. The summed E-state index contributed by atoms with van der Waals surface area (Å²) in [6, 6.07) is 15.4. The first-order valence-electron chi connectivity index (χ1n) is 12.5. The van der Waals surface area contributed by atoms with Gasteiger partial charge in [-0.2, -0.15) is 0 Å². The molecule has 1 amide bonds. The van der Waals surface area contributed by atoms with Crippen molar-refractivity contribution in [1.29, 1.82) is 0 Å². The van der Waals surface area contributed by atoms with Crippen LogP contribution in [0.3, 0.4) is 0 Å². The second-order valence-electron chi connectivity index (χ2n) is 9.90. The molecule has 2 heterocycles. The minimum absolute atomic E-state index is 0.132. The third-order valence-electron chi connectivity index (χ3n) is 7.42. The Labute approximate surface area is 197 Å². The van der Waals surface area contributed by atoms with Gasteiger partial charge in [0, 0.05) is 18.2 Å². The van der Waals surface area contributed by atoms with E-state index >= 15 is 0 Å². The van der Waals surface area contributed by atoms with Crippen molar-refractivity contribution in [3.05, 3.63) is 65.5 Å². The first kappa shape index (κ1) is 23.7. The number of carbonyl (C=O) groups excluding carboxylic acids is 1. The highest BCUT2D eigenvalue weighted by Crippen LogP contribution is 2.40. The minimum Gasteiger partial charge on any atom is -0.491 e. The minimum atomic E-state index is -0.325. The molecule has 178 valence electrons. The Morgan fingerprint density at radius 1 is 0.970 bits per heavy atom. The Hall–Kier alpha value is -2.40. The molecule has 1 fully saturated rings. The monoisotopic (exact) mass is 452 g/mol. The van der Waals surface area contributed by atoms with Gasteiger partial charge < -0.3 is 9.64 Å². The van der Waals surface area contributed by atoms with Crippen LogP contribution in [0.25, 0.3) is 0 Å². The number of para-hydroxylation sites is 1. The maximum Gasteiger partial charge on any atom is 0.229 e. The van der Waals surface area contributed by atoms with Gasteiger partial charge in [0.15, 0.2) is 0 Å². The first-order valence-corrected chi connectivity index (χ1v) is 12.5. The molecule has 0 bridgehead atoms. The number of hydrogen-bond acceptors (Lipinski definition) is 3. The number of aryl methyl sites for hydroxylation is 1. The highest BCUT2D eigenvalue weighted by molar-refractivity contribution is 5.83. The summed E-state index contributed by atoms with van der Waals surface area (Å²) in [5.74, 6) is 1.08. The summed E-state index contributed by atoms with van der Waals surface area (Å²) in [4.78, 5) is 18.3. The molecule has 0 unspecified atom stereocenters. The van der Waals surface area contributed by atoms with Crippen LogP contribution in [-0.4, -0.2) is 48.0 Å². The highest BCUT2D eigenvalue weighted by atomic mass is 19.1. The number of fused-ring (bicyclic) bond motifs is 1. The Balaban J connectivity index is 1.49. The maximum absolute atomic E-state index is 14.2. The number of likely N-dealkylation sites (tertiary alicyclic amines) is 1. The molecule has 0 radical (unpaired) electrons. The first-order chi connectivity index (χ1) is 16.0. The number of nitrogens with zero attached hydrogens (tertiary/aromatic N) is 2. The Kier molecular flexibility index (Phi) is 7.69. The summed E-state index contributed by atoms with van der Waals surface area (Å²) in [5.41, 5.74) is 1.67. The van der Waals surface area contributed by atoms with Gasteiger partial charge in [-0.1, -0.05) is 42.8 Å². The van der Waals surface area contributed by atoms with E-state index in [2.05, 4.69) is 30.9 Å². The predicted molar refractivity (Wildman–Crippen MR) is 130 cm³/mol. The quantitative estimate of drug-likeness (QED) is 0.621. The normalized spacial score (nSPS) is 20.1. The van der Waals surface area contributed by atoms with E-state index in [0.717, 1.165) is 62.9 Å². The van der Waals surface area contributed by atoms with Crippen LogP contribution in [0.2, 0.25) is 0 Å². The highest BCUT2D eigenvalue weighted by Gasteiger charge is 2.43. The van der Waals surface area contributed by atoms with Crippen LogP contribution in [0.1, 0.15) is 57.1 Å². The van der Waals surface area contributed by atoms with Crippen LogP contribution in [0.15, 0.2) is 48.5 Å². The molecule has 0 aliphatic carbocycles. The van der Waals surface area contributed by atoms with Gasteiger partial charge in [-0.25, -0.2) is 4.39 Å². The lowest BCUT2D eigenvalue weighted by molar-refractivity contribution is -0.148. The van der Waals surface area contributed by atoms with Gasteiger partial charge in [-0.3, -0.25) is 9.69 Å². The van der Waals surface area contributed by atoms with Crippen molar-refractivity contribution in [1.82, 2.24) is 9.80 Å². The molecule has 1 spiro atoms. The Morgan fingerprint density at radius 3 is 2.45 bits per heavy atom. The maximum atomic E-state index is 14.2. The summed E-state index contributed by atoms with van der Waals surface area (Å²) in [6.45, 7) is 7.56. The zero-order valence-electron chi connectivity index (χ0n) is 20.1. The lowest BCUT2D eigenvalue weighted by atomic mass is 9.72. The molecule has 33 heavy (non-hydrogen) atoms. The number of carbonyl (C=O) groups is 1. The second-order valence-corrected chi connectivity index (χ2v) is 9.90. The summed E-state index contributed by atoms with van der Waals surface area (Å²) < 4.78 is 20.3. The van der Waals surface area contributed by atoms with Crippen LogP contribution in [-0.2, 0) is 17.8 Å². The molecule has 0 N–H and O–H groups in total. The van der Waals surface area contributed by atoms with Gasteiger partial charge >= 0.3 is 0 Å². The molecule has 0 saturated carbocycles. The number of benzene rings is 2. The van der Waals surface area contributed by atoms with E-state index in [9.17, 15) is 9.18 Å². The summed E-state index contributed by atoms with van der Waals surface area (Å²) in [5, 5.41) is 0. The number of piperidine rings is 1. The third kappa shape index (κ3) is 5.57. The van der Waals surface area contributed by atoms with Gasteiger partial charge in [-0.15, -0.1) is 0 Å². The zero-order valence-corrected chi connectivity index (χ0v) is 20.1. The van der Waals surface area contributed by atoms with E-state index in [-0.39, 0.29) is 23.2 Å². The van der Waals surface area contributed by atoms with E-state index in [1.165, 1.54) is 11.6 Å². The van der Waals surface area contributed by atoms with E-state index in [0.29, 0.717) is 19.7 Å². The van der Waals surface area contributed by atoms with Crippen LogP contribution >= 0.6 is 0 Å². The zero-order chi connectivity index (χ0) is 23.3. The van der Waals surface area contributed by atoms with Crippen molar-refractivity contribution >= 4 is 5.91 Å². The molecule has 4 nitrogen and oxygen atoms in total. The molecule has 4 rings (SSSR count). The fourth-order valence-electron chi connectivity index (χ4n) is 5.36. The van der Waals surface area contributed by atoms with Gasteiger partial charge in [0.05, 0.1) is 12.0 Å². The Bertz CT molecular complexity index is 937. The molecule has 0 aromatic heterocycles. The number of amides is 1. The van der Waals surface area contributed by atoms with E-state index in [1.807, 2.05) is 29.2 Å². The fourth-order valence-corrected chi connectivity index (χ4v) is 5.36. The van der Waals surface area contributed by atoms with Crippen molar-refractivity contribution in [2.75, 3.05) is 26.2 Å². The number of halogens is 1. The molecule has 2 aliphatic rings. The Morgan fingerprint density at radius 2 is 1.70 bits per heavy atom. The molecule has 1 saturated heterocycles. The van der Waals surface area contributed by atoms with Crippen molar-refractivity contribution in [2.24, 2.45) is 5.41 Å². The van der Waals surface area contributed by atoms with Crippen molar-refractivity contribution in [3.8, 4) is 5.75 Å². The molecule has 2 aromatic carbocycles. The van der Waals surface area contributed by atoms with E-state index in [1.54, 1.807) is 6.07 Å². The van der Waals surface area contributed by atoms with Gasteiger partial charge in [-0.05, 0) is 76.7 Å². The molecular weight excluding hydrogens is 415 g/mol. The molecule has 2 aromatic rings. The molecule has 0 atom stereocenters. The summed E-state index contributed by atoms with van der Waals surface area (Å²) in [6.07, 6.45) is 5.65. The lowest BCUT2D eigenvalue weighted by Gasteiger charge is -2.44. The molecule has 2 aliphatic heterocycles. The standard InChI is InChI=1S/C28H37FN2O2/c1-22(2)31-19-20-33-26-13-6-4-9-23(26)10-7-8-14-28(27(31)32)15-17-30(18-16-28)21-24-11-3-5-12-25(24)29/h3-6,9,11-13,22H,7-8,10,14-21H2,1-2H3. The van der Waals surface area contributed by atoms with Crippen LogP contribution in [0.5, 0.6) is 5.75 Å².